The topological polar surface area (TPSA) is 54.9 Å². The summed E-state index contributed by atoms with van der Waals surface area (Å²) in [5.74, 6) is -0.945. The number of hydrogen-bond donors (Lipinski definition) is 1. The van der Waals surface area contributed by atoms with Gasteiger partial charge in [0.2, 0.25) is 0 Å². The quantitative estimate of drug-likeness (QED) is 0.865. The molecule has 1 N–H and O–H groups in total. The molecule has 0 fully saturated rings. The first-order valence-electron chi connectivity index (χ1n) is 5.83. The molecule has 0 bridgehead atoms. The molecule has 0 saturated heterocycles. The number of halogens is 3. The van der Waals surface area contributed by atoms with Gasteiger partial charge in [-0.15, -0.1) is 0 Å². The molecule has 1 aromatic heterocycles. The van der Waals surface area contributed by atoms with Gasteiger partial charge in [-0.05, 0) is 24.1 Å². The highest BCUT2D eigenvalue weighted by Crippen LogP contribution is 2.20. The third kappa shape index (κ3) is 2.51. The van der Waals surface area contributed by atoms with Crippen molar-refractivity contribution in [1.82, 2.24) is 9.55 Å². The Morgan fingerprint density at radius 3 is 2.50 bits per heavy atom. The normalized spacial score (nSPS) is 11.1. The van der Waals surface area contributed by atoms with Crippen LogP contribution in [0.3, 0.4) is 0 Å². The first-order chi connectivity index (χ1) is 9.32. The van der Waals surface area contributed by atoms with E-state index in [-0.39, 0.29) is 27.3 Å². The molecule has 0 aliphatic carbocycles. The number of rotatable bonds is 2. The second kappa shape index (κ2) is 5.42. The second-order valence-electron chi connectivity index (χ2n) is 4.55. The molecule has 0 amide bonds. The Morgan fingerprint density at radius 2 is 1.90 bits per heavy atom. The first kappa shape index (κ1) is 14.8. The van der Waals surface area contributed by atoms with Crippen molar-refractivity contribution in [3.05, 3.63) is 60.6 Å². The predicted molar refractivity (Wildman–Crippen MR) is 76.7 cm³/mol. The molecule has 2 aromatic rings. The lowest BCUT2D eigenvalue weighted by Crippen LogP contribution is -2.37. The highest BCUT2D eigenvalue weighted by molar-refractivity contribution is 6.30. The summed E-state index contributed by atoms with van der Waals surface area (Å²) in [5.41, 5.74) is -1.46. The van der Waals surface area contributed by atoms with Crippen molar-refractivity contribution in [3.63, 3.8) is 0 Å². The summed E-state index contributed by atoms with van der Waals surface area (Å²) in [7, 11) is 0. The fraction of sp³-hybridized carbons (Fsp3) is 0.231. The zero-order valence-electron chi connectivity index (χ0n) is 10.7. The third-order valence-electron chi connectivity index (χ3n) is 2.82. The maximum atomic E-state index is 13.8. The molecule has 106 valence electrons. The van der Waals surface area contributed by atoms with Crippen LogP contribution in [0, 0.1) is 5.82 Å². The van der Waals surface area contributed by atoms with Gasteiger partial charge in [0.25, 0.3) is 5.56 Å². The van der Waals surface area contributed by atoms with Gasteiger partial charge in [0.15, 0.2) is 0 Å². The average Bonchev–Trinajstić information content (AvgIpc) is 2.32. The molecule has 0 saturated carbocycles. The number of H-pyrrole nitrogens is 1. The molecule has 0 spiro atoms. The second-order valence-corrected chi connectivity index (χ2v) is 5.36. The maximum Gasteiger partial charge on any atom is 0.334 e. The van der Waals surface area contributed by atoms with Crippen LogP contribution in [-0.2, 0) is 0 Å². The molecular weight excluding hydrogens is 306 g/mol. The van der Waals surface area contributed by atoms with Crippen molar-refractivity contribution in [2.75, 3.05) is 0 Å². The predicted octanol–water partition coefficient (Wildman–Crippen LogP) is 3.10. The lowest BCUT2D eigenvalue weighted by molar-refractivity contribution is 0.610. The van der Waals surface area contributed by atoms with Crippen LogP contribution in [0.4, 0.5) is 4.39 Å². The molecule has 4 nitrogen and oxygen atoms in total. The monoisotopic (exact) mass is 316 g/mol. The van der Waals surface area contributed by atoms with E-state index in [1.54, 1.807) is 13.8 Å². The highest BCUT2D eigenvalue weighted by Gasteiger charge is 2.18. The highest BCUT2D eigenvalue weighted by atomic mass is 35.5. The van der Waals surface area contributed by atoms with Gasteiger partial charge in [-0.25, -0.2) is 13.8 Å². The van der Waals surface area contributed by atoms with Crippen molar-refractivity contribution in [2.45, 2.75) is 19.8 Å². The fourth-order valence-electron chi connectivity index (χ4n) is 1.90. The number of aromatic nitrogens is 2. The molecule has 0 atom stereocenters. The van der Waals surface area contributed by atoms with Gasteiger partial charge in [-0.2, -0.15) is 0 Å². The molecular formula is C13H11Cl2FN2O2. The molecule has 0 aliphatic rings. The SMILES string of the molecule is CC(C)c1c(Cl)[nH]c(=O)n(-c2cc(Cl)ccc2F)c1=O. The van der Waals surface area contributed by atoms with E-state index in [2.05, 4.69) is 4.98 Å². The van der Waals surface area contributed by atoms with Crippen LogP contribution in [0.25, 0.3) is 5.69 Å². The van der Waals surface area contributed by atoms with Gasteiger partial charge in [-0.1, -0.05) is 37.0 Å². The summed E-state index contributed by atoms with van der Waals surface area (Å²) in [5, 5.41) is 0.183. The van der Waals surface area contributed by atoms with Crippen LogP contribution >= 0.6 is 23.2 Å². The van der Waals surface area contributed by atoms with E-state index in [4.69, 9.17) is 23.2 Å². The summed E-state index contributed by atoms with van der Waals surface area (Å²) in [6.07, 6.45) is 0. The Hall–Kier alpha value is -1.59. The molecule has 0 aliphatic heterocycles. The van der Waals surface area contributed by atoms with E-state index >= 15 is 0 Å². The summed E-state index contributed by atoms with van der Waals surface area (Å²) in [6.45, 7) is 3.50. The van der Waals surface area contributed by atoms with Gasteiger partial charge < -0.3 is 0 Å². The van der Waals surface area contributed by atoms with E-state index in [0.717, 1.165) is 6.07 Å². The Balaban J connectivity index is 2.88. The molecule has 7 heteroatoms. The Morgan fingerprint density at radius 1 is 1.25 bits per heavy atom. The number of nitrogens with one attached hydrogen (secondary N) is 1. The molecule has 1 aromatic carbocycles. The van der Waals surface area contributed by atoms with Crippen molar-refractivity contribution in [2.24, 2.45) is 0 Å². The van der Waals surface area contributed by atoms with E-state index in [0.29, 0.717) is 4.57 Å². The lowest BCUT2D eigenvalue weighted by Gasteiger charge is -2.12. The van der Waals surface area contributed by atoms with Crippen LogP contribution in [0.15, 0.2) is 27.8 Å². The van der Waals surface area contributed by atoms with Crippen LogP contribution < -0.4 is 11.2 Å². The van der Waals surface area contributed by atoms with Gasteiger partial charge in [0.1, 0.15) is 11.0 Å². The minimum Gasteiger partial charge on any atom is -0.297 e. The van der Waals surface area contributed by atoms with E-state index in [1.807, 2.05) is 0 Å². The Kier molecular flexibility index (Phi) is 4.01. The zero-order valence-corrected chi connectivity index (χ0v) is 12.2. The Labute approximate surface area is 123 Å². The largest absolute Gasteiger partial charge is 0.334 e. The number of nitrogens with zero attached hydrogens (tertiary/aromatic N) is 1. The maximum absolute atomic E-state index is 13.8. The number of benzene rings is 1. The van der Waals surface area contributed by atoms with E-state index < -0.39 is 17.1 Å². The third-order valence-corrected chi connectivity index (χ3v) is 3.35. The fourth-order valence-corrected chi connectivity index (χ4v) is 2.45. The van der Waals surface area contributed by atoms with Crippen molar-refractivity contribution >= 4 is 23.2 Å². The van der Waals surface area contributed by atoms with Gasteiger partial charge in [-0.3, -0.25) is 9.78 Å². The van der Waals surface area contributed by atoms with Crippen LogP contribution in [0.1, 0.15) is 25.3 Å². The lowest BCUT2D eigenvalue weighted by atomic mass is 10.1. The molecule has 1 heterocycles. The summed E-state index contributed by atoms with van der Waals surface area (Å²) in [6, 6.07) is 3.64. The standard InChI is InChI=1S/C13H11Cl2FN2O2/c1-6(2)10-11(15)17-13(20)18(12(10)19)9-5-7(14)3-4-8(9)16/h3-6H,1-2H3,(H,17,20). The van der Waals surface area contributed by atoms with Gasteiger partial charge >= 0.3 is 5.69 Å². The number of hydrogen-bond acceptors (Lipinski definition) is 2. The van der Waals surface area contributed by atoms with E-state index in [9.17, 15) is 14.0 Å². The average molecular weight is 317 g/mol. The molecule has 0 unspecified atom stereocenters. The van der Waals surface area contributed by atoms with Crippen LogP contribution in [-0.4, -0.2) is 9.55 Å². The first-order valence-corrected chi connectivity index (χ1v) is 6.58. The minimum atomic E-state index is -0.814. The molecule has 2 rings (SSSR count). The summed E-state index contributed by atoms with van der Waals surface area (Å²) in [4.78, 5) is 26.6. The zero-order chi connectivity index (χ0) is 15.0. The van der Waals surface area contributed by atoms with Crippen molar-refractivity contribution < 1.29 is 4.39 Å². The van der Waals surface area contributed by atoms with Crippen LogP contribution in [0.5, 0.6) is 0 Å². The molecule has 0 radical (unpaired) electrons. The summed E-state index contributed by atoms with van der Waals surface area (Å²) < 4.78 is 14.5. The smallest absolute Gasteiger partial charge is 0.297 e. The van der Waals surface area contributed by atoms with E-state index in [1.165, 1.54) is 12.1 Å². The van der Waals surface area contributed by atoms with Gasteiger partial charge in [0.05, 0.1) is 11.3 Å². The van der Waals surface area contributed by atoms with Gasteiger partial charge in [0, 0.05) is 5.02 Å². The minimum absolute atomic E-state index is 0.0336. The number of aromatic amines is 1. The van der Waals surface area contributed by atoms with Crippen molar-refractivity contribution in [3.8, 4) is 5.69 Å². The summed E-state index contributed by atoms with van der Waals surface area (Å²) >= 11 is 11.7. The Bertz CT molecular complexity index is 781. The van der Waals surface area contributed by atoms with Crippen LogP contribution in [0.2, 0.25) is 10.2 Å². The molecule has 20 heavy (non-hydrogen) atoms. The van der Waals surface area contributed by atoms with Crippen molar-refractivity contribution in [1.29, 1.82) is 0 Å².